The highest BCUT2D eigenvalue weighted by Gasteiger charge is 2.14. The Morgan fingerprint density at radius 2 is 1.71 bits per heavy atom. The van der Waals surface area contributed by atoms with Gasteiger partial charge in [0.2, 0.25) is 5.95 Å². The average Bonchev–Trinajstić information content (AvgIpc) is 3.01. The van der Waals surface area contributed by atoms with E-state index in [0.29, 0.717) is 17.2 Å². The minimum atomic E-state index is -0.143. The molecule has 2 N–H and O–H groups in total. The maximum atomic E-state index is 12.9. The number of anilines is 3. The van der Waals surface area contributed by atoms with Crippen LogP contribution in [-0.4, -0.2) is 63.9 Å². The molecule has 1 aliphatic heterocycles. The number of aromatic nitrogens is 3. The summed E-state index contributed by atoms with van der Waals surface area (Å²) in [5.41, 5.74) is 6.08. The van der Waals surface area contributed by atoms with Crippen molar-refractivity contribution in [3.8, 4) is 11.3 Å². The fourth-order valence-electron chi connectivity index (χ4n) is 4.28. The Kier molecular flexibility index (Phi) is 10.9. The van der Waals surface area contributed by atoms with Gasteiger partial charge in [-0.1, -0.05) is 44.9 Å². The van der Waals surface area contributed by atoms with Gasteiger partial charge in [0.25, 0.3) is 5.91 Å². The summed E-state index contributed by atoms with van der Waals surface area (Å²) in [7, 11) is 2.16. The van der Waals surface area contributed by atoms with Crippen molar-refractivity contribution in [3.05, 3.63) is 95.9 Å². The highest BCUT2D eigenvalue weighted by molar-refractivity contribution is 6.04. The third-order valence-corrected chi connectivity index (χ3v) is 7.07. The van der Waals surface area contributed by atoms with Crippen molar-refractivity contribution < 1.29 is 7.65 Å². The standard InChI is InChI=1S/C29H31N7O.C4H10.2H2/c1-21-5-10-25(18-27(21)34-29-31-13-11-26(33-29)24-4-3-12-30-19-24)32-28(37)23-8-6-22(7-9-23)20-36-16-14-35(2)15-17-36;1-3-4-2;;/h3-13,18-19H,14-17,20H2,1-2H3,(H,32,37)(H,31,33,34);3-4H2,1-2H3;2*1H. The Morgan fingerprint density at radius 3 is 2.39 bits per heavy atom. The summed E-state index contributed by atoms with van der Waals surface area (Å²) in [6, 6.07) is 19.3. The first kappa shape index (κ1) is 29.8. The van der Waals surface area contributed by atoms with Crippen LogP contribution in [0.2, 0.25) is 0 Å². The third kappa shape index (κ3) is 8.93. The van der Waals surface area contributed by atoms with Crippen molar-refractivity contribution in [2.75, 3.05) is 43.9 Å². The number of carbonyl (C=O) groups is 1. The summed E-state index contributed by atoms with van der Waals surface area (Å²) < 4.78 is 0. The van der Waals surface area contributed by atoms with Crippen molar-refractivity contribution in [2.45, 2.75) is 40.2 Å². The first-order valence-electron chi connectivity index (χ1n) is 14.4. The summed E-state index contributed by atoms with van der Waals surface area (Å²) in [5.74, 6) is 0.333. The van der Waals surface area contributed by atoms with E-state index in [9.17, 15) is 4.79 Å². The SMILES string of the molecule is CCCC.Cc1ccc(NC(=O)c2ccc(CN3CCN(C)CC3)cc2)cc1Nc1nccc(-c2cccnc2)n1.[HH].[HH]. The van der Waals surface area contributed by atoms with Gasteiger partial charge in [0.05, 0.1) is 5.69 Å². The maximum Gasteiger partial charge on any atom is 0.255 e. The number of pyridine rings is 1. The lowest BCUT2D eigenvalue weighted by Crippen LogP contribution is -2.43. The molecule has 8 nitrogen and oxygen atoms in total. The summed E-state index contributed by atoms with van der Waals surface area (Å²) in [4.78, 5) is 30.9. The highest BCUT2D eigenvalue weighted by Crippen LogP contribution is 2.24. The zero-order valence-electron chi connectivity index (χ0n) is 24.6. The smallest absolute Gasteiger partial charge is 0.255 e. The van der Waals surface area contributed by atoms with Crippen molar-refractivity contribution in [1.29, 1.82) is 0 Å². The summed E-state index contributed by atoms with van der Waals surface area (Å²) in [6.07, 6.45) is 7.86. The van der Waals surface area contributed by atoms with Crippen LogP contribution in [0.15, 0.2) is 79.3 Å². The van der Waals surface area contributed by atoms with E-state index in [1.54, 1.807) is 18.6 Å². The lowest BCUT2D eigenvalue weighted by molar-refractivity contribution is 0.102. The van der Waals surface area contributed by atoms with Crippen LogP contribution in [0.1, 0.15) is 51.0 Å². The van der Waals surface area contributed by atoms with Gasteiger partial charge in [-0.3, -0.25) is 14.7 Å². The van der Waals surface area contributed by atoms with Crippen LogP contribution in [0.3, 0.4) is 0 Å². The molecule has 0 aliphatic carbocycles. The van der Waals surface area contributed by atoms with E-state index in [1.165, 1.54) is 18.4 Å². The summed E-state index contributed by atoms with van der Waals surface area (Å²) in [6.45, 7) is 11.6. The molecule has 218 valence electrons. The molecular formula is C33H45N7O. The van der Waals surface area contributed by atoms with Crippen LogP contribution in [-0.2, 0) is 6.54 Å². The van der Waals surface area contributed by atoms with Crippen molar-refractivity contribution >= 4 is 23.2 Å². The zero-order chi connectivity index (χ0) is 29.0. The number of nitrogens with zero attached hydrogens (tertiary/aromatic N) is 5. The lowest BCUT2D eigenvalue weighted by atomic mass is 10.1. The zero-order valence-corrected chi connectivity index (χ0v) is 24.6. The molecule has 1 amide bonds. The summed E-state index contributed by atoms with van der Waals surface area (Å²) >= 11 is 0. The topological polar surface area (TPSA) is 86.3 Å². The molecule has 5 rings (SSSR count). The van der Waals surface area contributed by atoms with E-state index >= 15 is 0 Å². The molecule has 0 spiro atoms. The fraction of sp³-hybridized carbons (Fsp3) is 0.333. The van der Waals surface area contributed by atoms with Gasteiger partial charge in [-0.15, -0.1) is 0 Å². The number of hydrogen-bond acceptors (Lipinski definition) is 7. The van der Waals surface area contributed by atoms with E-state index in [2.05, 4.69) is 56.3 Å². The molecule has 0 unspecified atom stereocenters. The average molecular weight is 556 g/mol. The first-order valence-corrected chi connectivity index (χ1v) is 14.4. The second-order valence-electron chi connectivity index (χ2n) is 10.4. The Hall–Kier alpha value is -4.14. The summed E-state index contributed by atoms with van der Waals surface area (Å²) in [5, 5.41) is 6.29. The van der Waals surface area contributed by atoms with Gasteiger partial charge in [0, 0.05) is 76.7 Å². The molecule has 0 saturated carbocycles. The third-order valence-electron chi connectivity index (χ3n) is 7.07. The number of rotatable bonds is 8. The molecule has 0 atom stereocenters. The Labute approximate surface area is 246 Å². The first-order chi connectivity index (χ1) is 19.9. The number of carbonyl (C=O) groups excluding carboxylic acids is 1. The van der Waals surface area contributed by atoms with Gasteiger partial charge < -0.3 is 15.5 Å². The van der Waals surface area contributed by atoms with E-state index in [0.717, 1.165) is 55.2 Å². The molecule has 0 bridgehead atoms. The van der Waals surface area contributed by atoms with Gasteiger partial charge in [-0.2, -0.15) is 0 Å². The van der Waals surface area contributed by atoms with Crippen LogP contribution in [0.25, 0.3) is 11.3 Å². The van der Waals surface area contributed by atoms with Gasteiger partial charge in [0.15, 0.2) is 0 Å². The van der Waals surface area contributed by atoms with Crippen LogP contribution in [0.5, 0.6) is 0 Å². The minimum absolute atomic E-state index is 0. The molecule has 2 aromatic heterocycles. The predicted molar refractivity (Wildman–Crippen MR) is 172 cm³/mol. The van der Waals surface area contributed by atoms with Crippen molar-refractivity contribution in [3.63, 3.8) is 0 Å². The molecule has 2 aromatic carbocycles. The highest BCUT2D eigenvalue weighted by atomic mass is 16.1. The number of unbranched alkanes of at least 4 members (excludes halogenated alkanes) is 1. The number of amides is 1. The molecular weight excluding hydrogens is 510 g/mol. The van der Waals surface area contributed by atoms with Crippen molar-refractivity contribution in [2.24, 2.45) is 0 Å². The second-order valence-corrected chi connectivity index (χ2v) is 10.4. The number of likely N-dealkylation sites (N-methyl/N-ethyl adjacent to an activating group) is 1. The normalized spacial score (nSPS) is 13.7. The largest absolute Gasteiger partial charge is 0.324 e. The quantitative estimate of drug-likeness (QED) is 0.245. The van der Waals surface area contributed by atoms with Gasteiger partial charge in [-0.05, 0) is 67.6 Å². The number of benzene rings is 2. The minimum Gasteiger partial charge on any atom is -0.324 e. The number of hydrogen-bond donors (Lipinski definition) is 2. The van der Waals surface area contributed by atoms with E-state index in [4.69, 9.17) is 0 Å². The number of nitrogens with one attached hydrogen (secondary N) is 2. The Bertz CT molecular complexity index is 1390. The molecule has 1 saturated heterocycles. The molecule has 41 heavy (non-hydrogen) atoms. The van der Waals surface area contributed by atoms with Crippen LogP contribution >= 0.6 is 0 Å². The molecule has 0 radical (unpaired) electrons. The molecule has 3 heterocycles. The number of aryl methyl sites for hydroxylation is 1. The molecule has 1 aliphatic rings. The second kappa shape index (κ2) is 15.0. The van der Waals surface area contributed by atoms with E-state index in [-0.39, 0.29) is 8.76 Å². The van der Waals surface area contributed by atoms with Gasteiger partial charge >= 0.3 is 0 Å². The Balaban J connectivity index is 0.00000101. The van der Waals surface area contributed by atoms with E-state index < -0.39 is 0 Å². The van der Waals surface area contributed by atoms with Gasteiger partial charge in [0.1, 0.15) is 0 Å². The lowest BCUT2D eigenvalue weighted by Gasteiger charge is -2.32. The fourth-order valence-corrected chi connectivity index (χ4v) is 4.28. The number of piperazine rings is 1. The molecule has 8 heteroatoms. The van der Waals surface area contributed by atoms with Crippen molar-refractivity contribution in [1.82, 2.24) is 24.8 Å². The monoisotopic (exact) mass is 555 g/mol. The molecule has 4 aromatic rings. The maximum absolute atomic E-state index is 12.9. The van der Waals surface area contributed by atoms with Gasteiger partial charge in [-0.25, -0.2) is 9.97 Å². The predicted octanol–water partition coefficient (Wildman–Crippen LogP) is 6.89. The van der Waals surface area contributed by atoms with Crippen LogP contribution < -0.4 is 10.6 Å². The van der Waals surface area contributed by atoms with E-state index in [1.807, 2.05) is 67.6 Å². The van der Waals surface area contributed by atoms with Crippen LogP contribution in [0, 0.1) is 6.92 Å². The molecule has 1 fully saturated rings. The Morgan fingerprint density at radius 1 is 0.951 bits per heavy atom. The van der Waals surface area contributed by atoms with Crippen LogP contribution in [0.4, 0.5) is 17.3 Å².